The molecule has 4 aliphatic rings. The highest BCUT2D eigenvalue weighted by Gasteiger charge is 2.51. The Morgan fingerprint density at radius 3 is 2.27 bits per heavy atom. The summed E-state index contributed by atoms with van der Waals surface area (Å²) in [5, 5.41) is 9.29. The second-order valence-electron chi connectivity index (χ2n) is 8.71. The van der Waals surface area contributed by atoms with Crippen molar-refractivity contribution in [3.05, 3.63) is 29.8 Å². The van der Waals surface area contributed by atoms with Crippen molar-refractivity contribution in [3.8, 4) is 0 Å². The quantitative estimate of drug-likeness (QED) is 0.760. The van der Waals surface area contributed by atoms with E-state index in [1.807, 2.05) is 19.1 Å². The number of amides is 2. The maximum Gasteiger partial charge on any atom is 0.251 e. The molecular weight excluding hydrogens is 326 g/mol. The van der Waals surface area contributed by atoms with Crippen LogP contribution >= 0.6 is 0 Å². The van der Waals surface area contributed by atoms with Crippen LogP contribution in [0.25, 0.3) is 0 Å². The van der Waals surface area contributed by atoms with Crippen LogP contribution in [0, 0.1) is 17.8 Å². The Balaban J connectivity index is 1.40. The standard InChI is InChI=1S/C21H29N3O2/c1-13(23-18-5-3-4-17(9-18)20(26)22-2)19(25)24-21-10-14-6-15(11-21)8-16(7-14)12-21/h3-5,9,13-16,23H,6-8,10-12H2,1-2H3,(H,22,26)(H,24,25)/t13-,14?,15?,16?,21?/m1/s1. The molecule has 2 amide bonds. The van der Waals surface area contributed by atoms with Crippen LogP contribution in [0.1, 0.15) is 55.8 Å². The average molecular weight is 355 g/mol. The first-order valence-electron chi connectivity index (χ1n) is 9.87. The fourth-order valence-electron chi connectivity index (χ4n) is 5.84. The summed E-state index contributed by atoms with van der Waals surface area (Å²) in [6, 6.07) is 6.94. The third-order valence-corrected chi connectivity index (χ3v) is 6.55. The molecule has 0 aliphatic heterocycles. The van der Waals surface area contributed by atoms with Crippen molar-refractivity contribution >= 4 is 17.5 Å². The fourth-order valence-corrected chi connectivity index (χ4v) is 5.84. The molecule has 1 aromatic carbocycles. The van der Waals surface area contributed by atoms with Crippen LogP contribution in [0.2, 0.25) is 0 Å². The lowest BCUT2D eigenvalue weighted by molar-refractivity contribution is -0.127. The molecular formula is C21H29N3O2. The molecule has 5 nitrogen and oxygen atoms in total. The smallest absolute Gasteiger partial charge is 0.251 e. The Morgan fingerprint density at radius 1 is 1.08 bits per heavy atom. The first-order chi connectivity index (χ1) is 12.5. The normalized spacial score (nSPS) is 32.8. The number of hydrogen-bond acceptors (Lipinski definition) is 3. The number of hydrogen-bond donors (Lipinski definition) is 3. The molecule has 0 unspecified atom stereocenters. The topological polar surface area (TPSA) is 70.2 Å². The van der Waals surface area contributed by atoms with E-state index in [0.29, 0.717) is 5.56 Å². The van der Waals surface area contributed by atoms with E-state index in [1.165, 1.54) is 19.3 Å². The van der Waals surface area contributed by atoms with Gasteiger partial charge < -0.3 is 16.0 Å². The zero-order chi connectivity index (χ0) is 18.3. The number of nitrogens with one attached hydrogen (secondary N) is 3. The van der Waals surface area contributed by atoms with Gasteiger partial charge in [-0.3, -0.25) is 9.59 Å². The van der Waals surface area contributed by atoms with Gasteiger partial charge in [-0.15, -0.1) is 0 Å². The van der Waals surface area contributed by atoms with Gasteiger partial charge >= 0.3 is 0 Å². The first kappa shape index (κ1) is 17.4. The second kappa shape index (κ2) is 6.60. The zero-order valence-corrected chi connectivity index (χ0v) is 15.7. The van der Waals surface area contributed by atoms with Crippen LogP contribution in [0.3, 0.4) is 0 Å². The molecule has 0 spiro atoms. The number of carbonyl (C=O) groups is 2. The molecule has 4 bridgehead atoms. The van der Waals surface area contributed by atoms with Crippen molar-refractivity contribution in [1.82, 2.24) is 10.6 Å². The Labute approximate surface area is 155 Å². The number of carbonyl (C=O) groups excluding carboxylic acids is 2. The predicted octanol–water partition coefficient (Wildman–Crippen LogP) is 2.93. The molecule has 0 aromatic heterocycles. The predicted molar refractivity (Wildman–Crippen MR) is 102 cm³/mol. The van der Waals surface area contributed by atoms with Crippen LogP contribution < -0.4 is 16.0 Å². The van der Waals surface area contributed by atoms with E-state index in [0.717, 1.165) is 42.7 Å². The molecule has 1 atom stereocenters. The maximum atomic E-state index is 12.9. The summed E-state index contributed by atoms with van der Waals surface area (Å²) in [7, 11) is 1.62. The van der Waals surface area contributed by atoms with E-state index in [9.17, 15) is 9.59 Å². The van der Waals surface area contributed by atoms with Gasteiger partial charge in [0.15, 0.2) is 0 Å². The molecule has 5 heteroatoms. The van der Waals surface area contributed by atoms with Gasteiger partial charge in [0.05, 0.1) is 0 Å². The van der Waals surface area contributed by atoms with Gasteiger partial charge in [-0.05, 0) is 81.4 Å². The summed E-state index contributed by atoms with van der Waals surface area (Å²) in [6.45, 7) is 1.89. The van der Waals surface area contributed by atoms with E-state index < -0.39 is 0 Å². The zero-order valence-electron chi connectivity index (χ0n) is 15.7. The van der Waals surface area contributed by atoms with Crippen molar-refractivity contribution in [3.63, 3.8) is 0 Å². The van der Waals surface area contributed by atoms with Gasteiger partial charge in [-0.1, -0.05) is 6.07 Å². The van der Waals surface area contributed by atoms with Crippen molar-refractivity contribution < 1.29 is 9.59 Å². The molecule has 26 heavy (non-hydrogen) atoms. The van der Waals surface area contributed by atoms with E-state index in [2.05, 4.69) is 16.0 Å². The number of anilines is 1. The largest absolute Gasteiger partial charge is 0.374 e. The van der Waals surface area contributed by atoms with Gasteiger partial charge in [0.2, 0.25) is 5.91 Å². The Kier molecular flexibility index (Phi) is 4.41. The fraction of sp³-hybridized carbons (Fsp3) is 0.619. The highest BCUT2D eigenvalue weighted by molar-refractivity contribution is 5.95. The summed E-state index contributed by atoms with van der Waals surface area (Å²) < 4.78 is 0. The minimum absolute atomic E-state index is 0.0335. The van der Waals surface area contributed by atoms with Crippen LogP contribution in [0.5, 0.6) is 0 Å². The summed E-state index contributed by atoms with van der Waals surface area (Å²) in [5.74, 6) is 2.38. The van der Waals surface area contributed by atoms with Crippen LogP contribution in [0.15, 0.2) is 24.3 Å². The summed E-state index contributed by atoms with van der Waals surface area (Å²) >= 11 is 0. The molecule has 0 radical (unpaired) electrons. The van der Waals surface area contributed by atoms with E-state index >= 15 is 0 Å². The van der Waals surface area contributed by atoms with E-state index in [1.54, 1.807) is 19.2 Å². The Morgan fingerprint density at radius 2 is 1.69 bits per heavy atom. The average Bonchev–Trinajstić information content (AvgIpc) is 2.59. The molecule has 140 valence electrons. The van der Waals surface area contributed by atoms with Gasteiger partial charge in [0.1, 0.15) is 6.04 Å². The Hall–Kier alpha value is -2.04. The van der Waals surface area contributed by atoms with Crippen molar-refractivity contribution in [2.45, 2.75) is 57.0 Å². The van der Waals surface area contributed by atoms with Crippen molar-refractivity contribution in [1.29, 1.82) is 0 Å². The maximum absolute atomic E-state index is 12.9. The lowest BCUT2D eigenvalue weighted by atomic mass is 9.53. The third-order valence-electron chi connectivity index (χ3n) is 6.55. The van der Waals surface area contributed by atoms with Gasteiger partial charge in [-0.25, -0.2) is 0 Å². The number of benzene rings is 1. The SMILES string of the molecule is CNC(=O)c1cccc(N[C@H](C)C(=O)NC23CC4CC(CC(C4)C2)C3)c1. The van der Waals surface area contributed by atoms with Gasteiger partial charge in [-0.2, -0.15) is 0 Å². The summed E-state index contributed by atoms with van der Waals surface area (Å²) in [5.41, 5.74) is 1.41. The van der Waals surface area contributed by atoms with Gasteiger partial charge in [0, 0.05) is 23.8 Å². The van der Waals surface area contributed by atoms with Crippen LogP contribution in [-0.2, 0) is 4.79 Å². The van der Waals surface area contributed by atoms with E-state index in [4.69, 9.17) is 0 Å². The number of rotatable bonds is 5. The Bertz CT molecular complexity index is 680. The molecule has 0 heterocycles. The summed E-state index contributed by atoms with van der Waals surface area (Å²) in [6.07, 6.45) is 7.58. The highest BCUT2D eigenvalue weighted by atomic mass is 16.2. The minimum Gasteiger partial charge on any atom is -0.374 e. The molecule has 5 rings (SSSR count). The third kappa shape index (κ3) is 3.31. The van der Waals surface area contributed by atoms with Crippen LogP contribution in [0.4, 0.5) is 5.69 Å². The highest BCUT2D eigenvalue weighted by Crippen LogP contribution is 2.55. The molecule has 3 N–H and O–H groups in total. The molecule has 4 saturated carbocycles. The monoisotopic (exact) mass is 355 g/mol. The minimum atomic E-state index is -0.331. The second-order valence-corrected chi connectivity index (χ2v) is 8.71. The molecule has 4 aliphatic carbocycles. The lowest BCUT2D eigenvalue weighted by Crippen LogP contribution is -2.61. The first-order valence-corrected chi connectivity index (χ1v) is 9.87. The molecule has 0 saturated heterocycles. The van der Waals surface area contributed by atoms with Crippen molar-refractivity contribution in [2.24, 2.45) is 17.8 Å². The summed E-state index contributed by atoms with van der Waals surface area (Å²) in [4.78, 5) is 24.6. The molecule has 4 fully saturated rings. The molecule has 1 aromatic rings. The van der Waals surface area contributed by atoms with Crippen molar-refractivity contribution in [2.75, 3.05) is 12.4 Å². The lowest BCUT2D eigenvalue weighted by Gasteiger charge is -2.57. The van der Waals surface area contributed by atoms with Gasteiger partial charge in [0.25, 0.3) is 5.91 Å². The van der Waals surface area contributed by atoms with Crippen LogP contribution in [-0.4, -0.2) is 30.4 Å². The van der Waals surface area contributed by atoms with E-state index in [-0.39, 0.29) is 23.4 Å².